The van der Waals surface area contributed by atoms with Crippen LogP contribution in [0.2, 0.25) is 0 Å². The minimum Gasteiger partial charge on any atom is -0.352 e. The summed E-state index contributed by atoms with van der Waals surface area (Å²) >= 11 is 2.25. The van der Waals surface area contributed by atoms with Crippen molar-refractivity contribution in [2.75, 3.05) is 19.6 Å². The summed E-state index contributed by atoms with van der Waals surface area (Å²) < 4.78 is 1.16. The van der Waals surface area contributed by atoms with Gasteiger partial charge in [-0.3, -0.25) is 4.79 Å². The number of carbonyl (C=O) groups is 1. The van der Waals surface area contributed by atoms with E-state index in [-0.39, 0.29) is 5.91 Å². The summed E-state index contributed by atoms with van der Waals surface area (Å²) in [6, 6.07) is 8.58. The van der Waals surface area contributed by atoms with E-state index in [4.69, 9.17) is 0 Å². The number of rotatable bonds is 4. The number of halogens is 1. The highest BCUT2D eigenvalue weighted by Crippen LogP contribution is 2.31. The summed E-state index contributed by atoms with van der Waals surface area (Å²) in [5.41, 5.74) is 0.762. The molecule has 0 radical (unpaired) electrons. The van der Waals surface area contributed by atoms with Gasteiger partial charge in [-0.1, -0.05) is 0 Å². The second-order valence-electron chi connectivity index (χ2n) is 5.60. The first-order valence-electron chi connectivity index (χ1n) is 7.00. The van der Waals surface area contributed by atoms with Crippen LogP contribution < -0.4 is 5.32 Å². The van der Waals surface area contributed by atoms with E-state index in [1.54, 1.807) is 0 Å². The van der Waals surface area contributed by atoms with Crippen LogP contribution in [-0.2, 0) is 0 Å². The molecule has 1 aromatic rings. The molecular formula is C15H19IN2O. The summed E-state index contributed by atoms with van der Waals surface area (Å²) in [7, 11) is 0. The molecule has 0 bridgehead atoms. The molecule has 19 heavy (non-hydrogen) atoms. The SMILES string of the molecule is O=C(NCC1CCN(C2CC2)C1)c1ccc(I)cc1. The van der Waals surface area contributed by atoms with Gasteiger partial charge in [0.2, 0.25) is 0 Å². The third-order valence-corrected chi connectivity index (χ3v) is 4.76. The molecule has 2 fully saturated rings. The molecule has 3 rings (SSSR count). The van der Waals surface area contributed by atoms with Gasteiger partial charge in [-0.2, -0.15) is 0 Å². The van der Waals surface area contributed by atoms with Gasteiger partial charge in [0.05, 0.1) is 0 Å². The van der Waals surface area contributed by atoms with Crippen LogP contribution in [0.3, 0.4) is 0 Å². The van der Waals surface area contributed by atoms with Crippen LogP contribution in [-0.4, -0.2) is 36.5 Å². The number of hydrogen-bond donors (Lipinski definition) is 1. The zero-order valence-corrected chi connectivity index (χ0v) is 13.1. The largest absolute Gasteiger partial charge is 0.352 e. The van der Waals surface area contributed by atoms with Crippen LogP contribution in [0.5, 0.6) is 0 Å². The van der Waals surface area contributed by atoms with Crippen molar-refractivity contribution in [3.63, 3.8) is 0 Å². The summed E-state index contributed by atoms with van der Waals surface area (Å²) in [6.45, 7) is 3.19. The second-order valence-corrected chi connectivity index (χ2v) is 6.84. The molecule has 1 heterocycles. The van der Waals surface area contributed by atoms with Gasteiger partial charge < -0.3 is 10.2 Å². The van der Waals surface area contributed by atoms with Crippen molar-refractivity contribution in [2.45, 2.75) is 25.3 Å². The van der Waals surface area contributed by atoms with Gasteiger partial charge in [-0.25, -0.2) is 0 Å². The first-order chi connectivity index (χ1) is 9.22. The maximum atomic E-state index is 12.0. The summed E-state index contributed by atoms with van der Waals surface area (Å²) in [5, 5.41) is 3.07. The second kappa shape index (κ2) is 5.79. The molecule has 1 N–H and O–H groups in total. The highest BCUT2D eigenvalue weighted by molar-refractivity contribution is 14.1. The van der Waals surface area contributed by atoms with Gasteiger partial charge in [0.25, 0.3) is 5.91 Å². The number of nitrogens with one attached hydrogen (secondary N) is 1. The van der Waals surface area contributed by atoms with Crippen molar-refractivity contribution in [3.05, 3.63) is 33.4 Å². The smallest absolute Gasteiger partial charge is 0.251 e. The highest BCUT2D eigenvalue weighted by Gasteiger charge is 2.34. The number of likely N-dealkylation sites (tertiary alicyclic amines) is 1. The van der Waals surface area contributed by atoms with E-state index in [2.05, 4.69) is 32.8 Å². The van der Waals surface area contributed by atoms with Gasteiger partial charge in [-0.15, -0.1) is 0 Å². The van der Waals surface area contributed by atoms with Gasteiger partial charge in [0.15, 0.2) is 0 Å². The molecule has 4 heteroatoms. The van der Waals surface area contributed by atoms with E-state index in [0.29, 0.717) is 5.92 Å². The molecule has 0 spiro atoms. The Labute approximate surface area is 127 Å². The average molecular weight is 370 g/mol. The van der Waals surface area contributed by atoms with Gasteiger partial charge in [-0.05, 0) is 78.6 Å². The third kappa shape index (κ3) is 3.48. The van der Waals surface area contributed by atoms with Gasteiger partial charge in [0.1, 0.15) is 0 Å². The maximum absolute atomic E-state index is 12.0. The lowest BCUT2D eigenvalue weighted by atomic mass is 10.1. The first kappa shape index (κ1) is 13.4. The van der Waals surface area contributed by atoms with Crippen LogP contribution in [0.4, 0.5) is 0 Å². The Kier molecular flexibility index (Phi) is 4.07. The normalized spacial score (nSPS) is 23.5. The fourth-order valence-corrected chi connectivity index (χ4v) is 3.10. The van der Waals surface area contributed by atoms with Crippen LogP contribution >= 0.6 is 22.6 Å². The van der Waals surface area contributed by atoms with Crippen LogP contribution in [0.15, 0.2) is 24.3 Å². The van der Waals surface area contributed by atoms with E-state index in [9.17, 15) is 4.79 Å². The number of nitrogens with zero attached hydrogens (tertiary/aromatic N) is 1. The Balaban J connectivity index is 1.46. The van der Waals surface area contributed by atoms with Gasteiger partial charge in [0, 0.05) is 28.3 Å². The fourth-order valence-electron chi connectivity index (χ4n) is 2.74. The van der Waals surface area contributed by atoms with Crippen molar-refractivity contribution >= 4 is 28.5 Å². The van der Waals surface area contributed by atoms with Crippen LogP contribution in [0.1, 0.15) is 29.6 Å². The molecule has 2 aliphatic rings. The first-order valence-corrected chi connectivity index (χ1v) is 8.08. The topological polar surface area (TPSA) is 32.3 Å². The zero-order chi connectivity index (χ0) is 13.2. The Morgan fingerprint density at radius 1 is 1.26 bits per heavy atom. The molecule has 1 saturated heterocycles. The molecular weight excluding hydrogens is 351 g/mol. The Morgan fingerprint density at radius 3 is 2.68 bits per heavy atom. The molecule has 1 aromatic carbocycles. The van der Waals surface area contributed by atoms with Crippen molar-refractivity contribution in [3.8, 4) is 0 Å². The average Bonchev–Trinajstić information content (AvgIpc) is 3.16. The van der Waals surface area contributed by atoms with Crippen molar-refractivity contribution < 1.29 is 4.79 Å². The van der Waals surface area contributed by atoms with Crippen molar-refractivity contribution in [2.24, 2.45) is 5.92 Å². The van der Waals surface area contributed by atoms with Crippen molar-refractivity contribution in [1.29, 1.82) is 0 Å². The Bertz CT molecular complexity index is 456. The lowest BCUT2D eigenvalue weighted by molar-refractivity contribution is 0.0947. The predicted molar refractivity (Wildman–Crippen MR) is 84.2 cm³/mol. The molecule has 1 unspecified atom stereocenters. The van der Waals surface area contributed by atoms with E-state index >= 15 is 0 Å². The van der Waals surface area contributed by atoms with E-state index in [1.165, 1.54) is 25.8 Å². The van der Waals surface area contributed by atoms with Crippen molar-refractivity contribution in [1.82, 2.24) is 10.2 Å². The Morgan fingerprint density at radius 2 is 2.00 bits per heavy atom. The maximum Gasteiger partial charge on any atom is 0.251 e. The molecule has 1 aliphatic heterocycles. The lowest BCUT2D eigenvalue weighted by Gasteiger charge is -2.15. The lowest BCUT2D eigenvalue weighted by Crippen LogP contribution is -2.31. The minimum absolute atomic E-state index is 0.0567. The molecule has 1 atom stereocenters. The molecule has 3 nitrogen and oxygen atoms in total. The quantitative estimate of drug-likeness (QED) is 0.827. The minimum atomic E-state index is 0.0567. The number of hydrogen-bond acceptors (Lipinski definition) is 2. The molecule has 1 saturated carbocycles. The summed E-state index contributed by atoms with van der Waals surface area (Å²) in [5.74, 6) is 0.690. The summed E-state index contributed by atoms with van der Waals surface area (Å²) in [6.07, 6.45) is 3.98. The molecule has 1 aliphatic carbocycles. The number of benzene rings is 1. The fraction of sp³-hybridized carbons (Fsp3) is 0.533. The third-order valence-electron chi connectivity index (χ3n) is 4.04. The highest BCUT2D eigenvalue weighted by atomic mass is 127. The monoisotopic (exact) mass is 370 g/mol. The summed E-state index contributed by atoms with van der Waals surface area (Å²) in [4.78, 5) is 14.6. The molecule has 0 aromatic heterocycles. The molecule has 102 valence electrons. The van der Waals surface area contributed by atoms with Gasteiger partial charge >= 0.3 is 0 Å². The zero-order valence-electron chi connectivity index (χ0n) is 10.9. The van der Waals surface area contributed by atoms with E-state index in [1.807, 2.05) is 24.3 Å². The number of amides is 1. The van der Waals surface area contributed by atoms with Crippen LogP contribution in [0.25, 0.3) is 0 Å². The molecule has 1 amide bonds. The Hall–Kier alpha value is -0.620. The van der Waals surface area contributed by atoms with E-state index < -0.39 is 0 Å². The van der Waals surface area contributed by atoms with E-state index in [0.717, 1.165) is 28.3 Å². The predicted octanol–water partition coefficient (Wildman–Crippen LogP) is 2.51. The van der Waals surface area contributed by atoms with Crippen LogP contribution in [0, 0.1) is 9.49 Å². The standard InChI is InChI=1S/C15H19IN2O/c16-13-3-1-12(2-4-13)15(19)17-9-11-7-8-18(10-11)14-5-6-14/h1-4,11,14H,5-10H2,(H,17,19). The number of carbonyl (C=O) groups excluding carboxylic acids is 1.